The van der Waals surface area contributed by atoms with E-state index in [1.165, 1.54) is 11.1 Å². The maximum atomic E-state index is 12.4. The van der Waals surface area contributed by atoms with Gasteiger partial charge in [0, 0.05) is 31.5 Å². The molecule has 0 radical (unpaired) electrons. The predicted octanol–water partition coefficient (Wildman–Crippen LogP) is 0.803. The summed E-state index contributed by atoms with van der Waals surface area (Å²) >= 11 is 0. The molecule has 2 N–H and O–H groups in total. The van der Waals surface area contributed by atoms with E-state index in [2.05, 4.69) is 16.8 Å². The summed E-state index contributed by atoms with van der Waals surface area (Å²) in [4.78, 5) is 17.9. The van der Waals surface area contributed by atoms with E-state index in [9.17, 15) is 9.90 Å². The number of aromatic nitrogens is 1. The first-order valence-electron chi connectivity index (χ1n) is 7.07. The van der Waals surface area contributed by atoms with Crippen molar-refractivity contribution in [2.24, 2.45) is 0 Å². The maximum absolute atomic E-state index is 12.4. The minimum absolute atomic E-state index is 0.185. The van der Waals surface area contributed by atoms with E-state index in [0.29, 0.717) is 17.7 Å². The molecule has 0 bridgehead atoms. The van der Waals surface area contributed by atoms with E-state index < -0.39 is 5.60 Å². The van der Waals surface area contributed by atoms with Gasteiger partial charge in [-0.25, -0.2) is 0 Å². The quantitative estimate of drug-likeness (QED) is 0.807. The van der Waals surface area contributed by atoms with Gasteiger partial charge in [0.25, 0.3) is 5.91 Å². The smallest absolute Gasteiger partial charge is 0.255 e. The summed E-state index contributed by atoms with van der Waals surface area (Å²) in [5, 5.41) is 19.1. The second-order valence-corrected chi connectivity index (χ2v) is 5.51. The van der Waals surface area contributed by atoms with Crippen molar-refractivity contribution in [3.8, 4) is 11.8 Å². The lowest BCUT2D eigenvalue weighted by Crippen LogP contribution is -2.42. The van der Waals surface area contributed by atoms with Crippen molar-refractivity contribution in [3.63, 3.8) is 0 Å². The number of amides is 1. The highest BCUT2D eigenvalue weighted by molar-refractivity contribution is 5.94. The Morgan fingerprint density at radius 3 is 2.81 bits per heavy atom. The number of aliphatic hydroxyl groups is 2. The highest BCUT2D eigenvalue weighted by atomic mass is 16.3. The first-order valence-corrected chi connectivity index (χ1v) is 7.07. The normalized spacial score (nSPS) is 16.1. The Morgan fingerprint density at radius 1 is 1.43 bits per heavy atom. The Labute approximate surface area is 124 Å². The van der Waals surface area contributed by atoms with Gasteiger partial charge in [-0.05, 0) is 18.9 Å². The molecule has 1 amide bonds. The Morgan fingerprint density at radius 2 is 2.14 bits per heavy atom. The van der Waals surface area contributed by atoms with Gasteiger partial charge in [0.15, 0.2) is 0 Å². The van der Waals surface area contributed by atoms with Crippen molar-refractivity contribution < 1.29 is 15.0 Å². The van der Waals surface area contributed by atoms with Crippen LogP contribution in [-0.4, -0.2) is 51.8 Å². The number of rotatable bonds is 3. The molecule has 1 aromatic rings. The molecule has 0 spiro atoms. The zero-order valence-corrected chi connectivity index (χ0v) is 12.2. The Bertz CT molecular complexity index is 568. The van der Waals surface area contributed by atoms with Crippen LogP contribution >= 0.6 is 0 Å². The Balaban J connectivity index is 2.08. The summed E-state index contributed by atoms with van der Waals surface area (Å²) in [7, 11) is 1.69. The highest BCUT2D eigenvalue weighted by Gasteiger charge is 2.33. The zero-order valence-electron chi connectivity index (χ0n) is 12.2. The number of pyridine rings is 1. The molecule has 0 unspecified atom stereocenters. The molecule has 1 aromatic heterocycles. The van der Waals surface area contributed by atoms with Gasteiger partial charge >= 0.3 is 0 Å². The molecule has 2 rings (SSSR count). The van der Waals surface area contributed by atoms with E-state index >= 15 is 0 Å². The van der Waals surface area contributed by atoms with Gasteiger partial charge in [0.2, 0.25) is 0 Å². The van der Waals surface area contributed by atoms with Crippen LogP contribution in [0.4, 0.5) is 0 Å². The fourth-order valence-electron chi connectivity index (χ4n) is 2.69. The summed E-state index contributed by atoms with van der Waals surface area (Å²) < 4.78 is 0. The molecule has 1 aliphatic rings. The molecular weight excluding hydrogens is 268 g/mol. The molecule has 1 aliphatic carbocycles. The van der Waals surface area contributed by atoms with Crippen molar-refractivity contribution in [2.75, 3.05) is 20.2 Å². The summed E-state index contributed by atoms with van der Waals surface area (Å²) in [6.07, 6.45) is 6.53. The molecule has 112 valence electrons. The third kappa shape index (κ3) is 4.03. The minimum atomic E-state index is -0.758. The van der Waals surface area contributed by atoms with E-state index in [4.69, 9.17) is 5.11 Å². The molecular formula is C16H20N2O3. The van der Waals surface area contributed by atoms with Crippen LogP contribution in [-0.2, 0) is 0 Å². The van der Waals surface area contributed by atoms with Gasteiger partial charge in [-0.15, -0.1) is 0 Å². The molecule has 0 aromatic carbocycles. The molecule has 5 nitrogen and oxygen atoms in total. The minimum Gasteiger partial charge on any atom is -0.388 e. The van der Waals surface area contributed by atoms with Crippen LogP contribution in [0.2, 0.25) is 0 Å². The summed E-state index contributed by atoms with van der Waals surface area (Å²) in [6, 6.07) is 1.65. The van der Waals surface area contributed by atoms with Crippen LogP contribution in [0.1, 0.15) is 41.6 Å². The van der Waals surface area contributed by atoms with Crippen molar-refractivity contribution in [1.29, 1.82) is 0 Å². The van der Waals surface area contributed by atoms with Crippen LogP contribution in [0.25, 0.3) is 0 Å². The average molecular weight is 288 g/mol. The number of nitrogens with zero attached hydrogens (tertiary/aromatic N) is 2. The lowest BCUT2D eigenvalue weighted by atomic mass is 10.0. The van der Waals surface area contributed by atoms with Gasteiger partial charge < -0.3 is 15.1 Å². The summed E-state index contributed by atoms with van der Waals surface area (Å²) in [5.41, 5.74) is 0.262. The van der Waals surface area contributed by atoms with Gasteiger partial charge in [-0.3, -0.25) is 9.78 Å². The topological polar surface area (TPSA) is 73.7 Å². The Kier molecular flexibility index (Phi) is 4.94. The van der Waals surface area contributed by atoms with Gasteiger partial charge in [0.05, 0.1) is 11.2 Å². The number of hydrogen-bond acceptors (Lipinski definition) is 4. The number of carbonyl (C=O) groups excluding carboxylic acids is 1. The standard InChI is InChI=1S/C16H20N2O3/c1-18(12-16(21)6-2-3-7-16)15(20)14-9-13(5-4-8-19)10-17-11-14/h9-11,19,21H,2-3,6-8,12H2,1H3. The average Bonchev–Trinajstić information content (AvgIpc) is 2.90. The first-order chi connectivity index (χ1) is 10.0. The second kappa shape index (κ2) is 6.70. The third-order valence-corrected chi connectivity index (χ3v) is 3.71. The number of likely N-dealkylation sites (N-methyl/N-ethyl adjacent to an activating group) is 1. The van der Waals surface area contributed by atoms with Crippen molar-refractivity contribution in [1.82, 2.24) is 9.88 Å². The maximum Gasteiger partial charge on any atom is 0.255 e. The number of carbonyl (C=O) groups is 1. The highest BCUT2D eigenvalue weighted by Crippen LogP contribution is 2.30. The number of aliphatic hydroxyl groups excluding tert-OH is 1. The third-order valence-electron chi connectivity index (χ3n) is 3.71. The molecule has 1 fully saturated rings. The van der Waals surface area contributed by atoms with Crippen LogP contribution in [0.15, 0.2) is 18.5 Å². The van der Waals surface area contributed by atoms with Gasteiger partial charge in [-0.2, -0.15) is 0 Å². The molecule has 1 saturated carbocycles. The molecule has 1 heterocycles. The summed E-state index contributed by atoms with van der Waals surface area (Å²) in [6.45, 7) is 0.101. The van der Waals surface area contributed by atoms with Gasteiger partial charge in [0.1, 0.15) is 6.61 Å². The molecule has 0 saturated heterocycles. The largest absolute Gasteiger partial charge is 0.388 e. The first kappa shape index (κ1) is 15.5. The van der Waals surface area contributed by atoms with Crippen LogP contribution in [0, 0.1) is 11.8 Å². The van der Waals surface area contributed by atoms with Crippen molar-refractivity contribution >= 4 is 5.91 Å². The zero-order chi connectivity index (χ0) is 15.3. The molecule has 21 heavy (non-hydrogen) atoms. The van der Waals surface area contributed by atoms with Crippen molar-refractivity contribution in [3.05, 3.63) is 29.6 Å². The fraction of sp³-hybridized carbons (Fsp3) is 0.500. The fourth-order valence-corrected chi connectivity index (χ4v) is 2.69. The monoisotopic (exact) mass is 288 g/mol. The van der Waals surface area contributed by atoms with Crippen molar-refractivity contribution in [2.45, 2.75) is 31.3 Å². The lowest BCUT2D eigenvalue weighted by Gasteiger charge is -2.28. The molecule has 5 heteroatoms. The van der Waals surface area contributed by atoms with E-state index in [0.717, 1.165) is 25.7 Å². The SMILES string of the molecule is CN(CC1(O)CCCC1)C(=O)c1cncc(C#CCO)c1. The molecule has 0 atom stereocenters. The van der Waals surface area contributed by atoms with E-state index in [1.54, 1.807) is 19.3 Å². The lowest BCUT2D eigenvalue weighted by molar-refractivity contribution is 0.0156. The van der Waals surface area contributed by atoms with E-state index in [-0.39, 0.29) is 12.5 Å². The van der Waals surface area contributed by atoms with E-state index in [1.807, 2.05) is 0 Å². The second-order valence-electron chi connectivity index (χ2n) is 5.51. The van der Waals surface area contributed by atoms with Gasteiger partial charge in [-0.1, -0.05) is 24.7 Å². The predicted molar refractivity (Wildman–Crippen MR) is 78.6 cm³/mol. The Hall–Kier alpha value is -1.90. The van der Waals surface area contributed by atoms with Crippen LogP contribution < -0.4 is 0 Å². The van der Waals surface area contributed by atoms with Crippen LogP contribution in [0.5, 0.6) is 0 Å². The van der Waals surface area contributed by atoms with Crippen LogP contribution in [0.3, 0.4) is 0 Å². The number of hydrogen-bond donors (Lipinski definition) is 2. The summed E-state index contributed by atoms with van der Waals surface area (Å²) in [5.74, 6) is 5.07. The molecule has 0 aliphatic heterocycles.